The first kappa shape index (κ1) is 18.5. The number of hydrogen-bond donors (Lipinski definition) is 4. The van der Waals surface area contributed by atoms with Gasteiger partial charge in [-0.25, -0.2) is 0 Å². The number of carbonyl (C=O) groups is 2. The third-order valence-electron chi connectivity index (χ3n) is 4.04. The normalized spacial score (nSPS) is 15.2. The fourth-order valence-electron chi connectivity index (χ4n) is 2.76. The van der Waals surface area contributed by atoms with Crippen molar-refractivity contribution < 1.29 is 24.2 Å². The molecule has 0 saturated carbocycles. The maximum Gasteiger partial charge on any atom is 0.263 e. The van der Waals surface area contributed by atoms with Crippen LogP contribution in [0, 0.1) is 0 Å². The second kappa shape index (κ2) is 8.41. The van der Waals surface area contributed by atoms with Crippen LogP contribution in [-0.2, 0) is 11.3 Å². The molecule has 0 radical (unpaired) electrons. The summed E-state index contributed by atoms with van der Waals surface area (Å²) >= 11 is 0. The molecule has 0 spiro atoms. The number of benzene rings is 2. The number of methoxy groups -OCH3 is 1. The summed E-state index contributed by atoms with van der Waals surface area (Å²) < 4.78 is 10.5. The van der Waals surface area contributed by atoms with Crippen LogP contribution in [0.1, 0.15) is 15.9 Å². The van der Waals surface area contributed by atoms with E-state index in [1.165, 1.54) is 0 Å². The summed E-state index contributed by atoms with van der Waals surface area (Å²) in [5, 5.41) is 17.3. The summed E-state index contributed by atoms with van der Waals surface area (Å²) in [6.45, 7) is 0.221. The van der Waals surface area contributed by atoms with Crippen molar-refractivity contribution in [3.05, 3.63) is 53.6 Å². The molecule has 0 fully saturated rings. The number of carbonyl (C=O) groups excluding carboxylic acids is 2. The Kier molecular flexibility index (Phi) is 5.77. The summed E-state index contributed by atoms with van der Waals surface area (Å²) in [4.78, 5) is 24.9. The van der Waals surface area contributed by atoms with Gasteiger partial charge in [-0.15, -0.1) is 0 Å². The van der Waals surface area contributed by atoms with Gasteiger partial charge in [0.15, 0.2) is 6.17 Å². The number of aliphatic hydroxyl groups excluding tert-OH is 1. The number of nitrogens with one attached hydrogen (secondary N) is 3. The number of aliphatic hydroxyl groups is 1. The molecule has 0 saturated heterocycles. The maximum absolute atomic E-state index is 12.5. The van der Waals surface area contributed by atoms with Gasteiger partial charge in [-0.1, -0.05) is 18.2 Å². The molecule has 142 valence electrons. The molecule has 8 heteroatoms. The number of fused-ring (bicyclic) bond motifs is 1. The standard InChI is InChI=1S/C19H21N3O5/c1-26-13-5-2-4-12(10-13)11-20-19(25)17-21-14-6-3-7-15(27-9-8-23)16(14)18(24)22-17/h2-7,10,17,21,23H,8-9,11H2,1H3,(H,20,25)(H,22,24). The minimum absolute atomic E-state index is 0.0776. The minimum Gasteiger partial charge on any atom is -0.497 e. The van der Waals surface area contributed by atoms with Gasteiger partial charge in [0.2, 0.25) is 0 Å². The lowest BCUT2D eigenvalue weighted by atomic mass is 10.1. The largest absolute Gasteiger partial charge is 0.497 e. The third-order valence-corrected chi connectivity index (χ3v) is 4.04. The van der Waals surface area contributed by atoms with E-state index in [-0.39, 0.29) is 19.1 Å². The number of hydrogen-bond acceptors (Lipinski definition) is 6. The van der Waals surface area contributed by atoms with E-state index in [4.69, 9.17) is 14.6 Å². The molecule has 1 unspecified atom stereocenters. The van der Waals surface area contributed by atoms with Crippen LogP contribution in [0.3, 0.4) is 0 Å². The van der Waals surface area contributed by atoms with Crippen LogP contribution in [0.2, 0.25) is 0 Å². The fraction of sp³-hybridized carbons (Fsp3) is 0.263. The van der Waals surface area contributed by atoms with Gasteiger partial charge in [0.1, 0.15) is 23.7 Å². The molecule has 2 amide bonds. The molecule has 1 aliphatic heterocycles. The molecule has 1 aliphatic rings. The van der Waals surface area contributed by atoms with Gasteiger partial charge in [0.25, 0.3) is 11.8 Å². The van der Waals surface area contributed by atoms with Gasteiger partial charge >= 0.3 is 0 Å². The first-order valence-electron chi connectivity index (χ1n) is 8.47. The van der Waals surface area contributed by atoms with E-state index in [1.54, 1.807) is 25.3 Å². The van der Waals surface area contributed by atoms with Crippen molar-refractivity contribution >= 4 is 17.5 Å². The van der Waals surface area contributed by atoms with Crippen LogP contribution in [0.15, 0.2) is 42.5 Å². The Morgan fingerprint density at radius 2 is 2.04 bits per heavy atom. The molecular formula is C19H21N3O5. The smallest absolute Gasteiger partial charge is 0.263 e. The average molecular weight is 371 g/mol. The van der Waals surface area contributed by atoms with Gasteiger partial charge in [0, 0.05) is 6.54 Å². The molecule has 0 bridgehead atoms. The Bertz CT molecular complexity index is 840. The molecule has 1 atom stereocenters. The maximum atomic E-state index is 12.5. The van der Waals surface area contributed by atoms with Gasteiger partial charge in [-0.2, -0.15) is 0 Å². The molecule has 4 N–H and O–H groups in total. The Balaban J connectivity index is 1.67. The van der Waals surface area contributed by atoms with Crippen LogP contribution in [0.5, 0.6) is 11.5 Å². The predicted octanol–water partition coefficient (Wildman–Crippen LogP) is 0.864. The minimum atomic E-state index is -0.899. The van der Waals surface area contributed by atoms with Gasteiger partial charge in [-0.05, 0) is 29.8 Å². The third kappa shape index (κ3) is 4.29. The second-order valence-corrected chi connectivity index (χ2v) is 5.87. The van der Waals surface area contributed by atoms with Crippen LogP contribution >= 0.6 is 0 Å². The van der Waals surface area contributed by atoms with Crippen molar-refractivity contribution in [2.75, 3.05) is 25.6 Å². The SMILES string of the molecule is COc1cccc(CNC(=O)C2NC(=O)c3c(cccc3OCCO)N2)c1. The van der Waals surface area contributed by atoms with Gasteiger partial charge in [-0.3, -0.25) is 9.59 Å². The summed E-state index contributed by atoms with van der Waals surface area (Å²) in [6.07, 6.45) is -0.899. The zero-order chi connectivity index (χ0) is 19.2. The van der Waals surface area contributed by atoms with E-state index in [0.717, 1.165) is 5.56 Å². The molecule has 27 heavy (non-hydrogen) atoms. The van der Waals surface area contributed by atoms with E-state index < -0.39 is 12.1 Å². The van der Waals surface area contributed by atoms with Crippen molar-refractivity contribution in [2.24, 2.45) is 0 Å². The fourth-order valence-corrected chi connectivity index (χ4v) is 2.76. The lowest BCUT2D eigenvalue weighted by Gasteiger charge is -2.28. The molecule has 2 aromatic rings. The monoisotopic (exact) mass is 371 g/mol. The number of anilines is 1. The van der Waals surface area contributed by atoms with Crippen molar-refractivity contribution in [2.45, 2.75) is 12.7 Å². The molecule has 0 aromatic heterocycles. The van der Waals surface area contributed by atoms with Crippen molar-refractivity contribution in [1.82, 2.24) is 10.6 Å². The highest BCUT2D eigenvalue weighted by Crippen LogP contribution is 2.29. The molecule has 2 aromatic carbocycles. The highest BCUT2D eigenvalue weighted by molar-refractivity contribution is 6.07. The van der Waals surface area contributed by atoms with Crippen molar-refractivity contribution in [3.8, 4) is 11.5 Å². The quantitative estimate of drug-likeness (QED) is 0.575. The Morgan fingerprint density at radius 3 is 2.81 bits per heavy atom. The van der Waals surface area contributed by atoms with Crippen LogP contribution in [-0.4, -0.2) is 43.4 Å². The molecule has 1 heterocycles. The highest BCUT2D eigenvalue weighted by atomic mass is 16.5. The molecule has 8 nitrogen and oxygen atoms in total. The zero-order valence-electron chi connectivity index (χ0n) is 14.8. The first-order chi connectivity index (χ1) is 13.1. The summed E-state index contributed by atoms with van der Waals surface area (Å²) in [5.74, 6) is 0.272. The number of ether oxygens (including phenoxy) is 2. The molecular weight excluding hydrogens is 350 g/mol. The Hall–Kier alpha value is -3.26. The van der Waals surface area contributed by atoms with Crippen molar-refractivity contribution in [3.63, 3.8) is 0 Å². The zero-order valence-corrected chi connectivity index (χ0v) is 14.8. The summed E-state index contributed by atoms with van der Waals surface area (Å²) in [7, 11) is 1.58. The average Bonchev–Trinajstić information content (AvgIpc) is 2.70. The summed E-state index contributed by atoms with van der Waals surface area (Å²) in [5.41, 5.74) is 1.68. The number of amides is 2. The predicted molar refractivity (Wildman–Crippen MR) is 98.7 cm³/mol. The van der Waals surface area contributed by atoms with Gasteiger partial charge in [0.05, 0.1) is 19.4 Å². The topological polar surface area (TPSA) is 109 Å². The van der Waals surface area contributed by atoms with Crippen LogP contribution < -0.4 is 25.4 Å². The van der Waals surface area contributed by atoms with E-state index in [0.29, 0.717) is 29.3 Å². The number of rotatable bonds is 7. The lowest BCUT2D eigenvalue weighted by Crippen LogP contribution is -2.54. The molecule has 0 aliphatic carbocycles. The van der Waals surface area contributed by atoms with Crippen LogP contribution in [0.25, 0.3) is 0 Å². The van der Waals surface area contributed by atoms with E-state index >= 15 is 0 Å². The van der Waals surface area contributed by atoms with E-state index in [2.05, 4.69) is 16.0 Å². The van der Waals surface area contributed by atoms with Crippen molar-refractivity contribution in [1.29, 1.82) is 0 Å². The Morgan fingerprint density at radius 1 is 1.22 bits per heavy atom. The second-order valence-electron chi connectivity index (χ2n) is 5.87. The van der Waals surface area contributed by atoms with E-state index in [9.17, 15) is 9.59 Å². The first-order valence-corrected chi connectivity index (χ1v) is 8.47. The summed E-state index contributed by atoms with van der Waals surface area (Å²) in [6, 6.07) is 12.4. The van der Waals surface area contributed by atoms with E-state index in [1.807, 2.05) is 24.3 Å². The highest BCUT2D eigenvalue weighted by Gasteiger charge is 2.30. The molecule has 3 rings (SSSR count). The Labute approximate surface area is 156 Å². The lowest BCUT2D eigenvalue weighted by molar-refractivity contribution is -0.122. The van der Waals surface area contributed by atoms with Crippen LogP contribution in [0.4, 0.5) is 5.69 Å². The van der Waals surface area contributed by atoms with Gasteiger partial charge < -0.3 is 30.5 Å².